The van der Waals surface area contributed by atoms with Crippen LogP contribution in [0.2, 0.25) is 0 Å². The SMILES string of the molecule is CC1(C)c2cc3c(cc2-c2ccc4ccccc4c21)c1ccccc1n3-c1c(-c2nc(-c3ccccc3)nc(-c3ccccc3)n2)ccc2ccccc12. The van der Waals surface area contributed by atoms with Gasteiger partial charge in [0.1, 0.15) is 0 Å². The van der Waals surface area contributed by atoms with Crippen molar-refractivity contribution in [3.8, 4) is 51.0 Å². The van der Waals surface area contributed by atoms with Gasteiger partial charge in [0.05, 0.1) is 16.7 Å². The molecule has 54 heavy (non-hydrogen) atoms. The van der Waals surface area contributed by atoms with E-state index in [1.807, 2.05) is 36.4 Å². The molecule has 254 valence electrons. The van der Waals surface area contributed by atoms with Crippen molar-refractivity contribution in [3.05, 3.63) is 181 Å². The van der Waals surface area contributed by atoms with Crippen LogP contribution in [0.15, 0.2) is 170 Å². The van der Waals surface area contributed by atoms with Crippen LogP contribution in [0.1, 0.15) is 25.0 Å². The maximum atomic E-state index is 5.24. The van der Waals surface area contributed by atoms with E-state index in [1.54, 1.807) is 0 Å². The number of hydrogen-bond acceptors (Lipinski definition) is 3. The summed E-state index contributed by atoms with van der Waals surface area (Å²) in [6, 6.07) is 60.6. The van der Waals surface area contributed by atoms with Crippen LogP contribution in [0, 0.1) is 0 Å². The third-order valence-corrected chi connectivity index (χ3v) is 11.4. The molecule has 2 heterocycles. The van der Waals surface area contributed by atoms with Gasteiger partial charge in [-0.15, -0.1) is 0 Å². The van der Waals surface area contributed by atoms with Crippen LogP contribution in [0.3, 0.4) is 0 Å². The number of benzene rings is 8. The van der Waals surface area contributed by atoms with Crippen LogP contribution in [0.5, 0.6) is 0 Å². The van der Waals surface area contributed by atoms with Gasteiger partial charge in [0.15, 0.2) is 17.5 Å². The van der Waals surface area contributed by atoms with Gasteiger partial charge in [-0.1, -0.05) is 159 Å². The molecule has 1 aliphatic rings. The second-order valence-electron chi connectivity index (χ2n) is 14.8. The van der Waals surface area contributed by atoms with Crippen LogP contribution in [0.4, 0.5) is 0 Å². The lowest BCUT2D eigenvalue weighted by Crippen LogP contribution is -2.15. The molecule has 8 aromatic carbocycles. The Morgan fingerprint density at radius 2 is 0.944 bits per heavy atom. The molecule has 0 aliphatic heterocycles. The zero-order valence-electron chi connectivity index (χ0n) is 30.0. The third-order valence-electron chi connectivity index (χ3n) is 11.4. The van der Waals surface area contributed by atoms with E-state index in [-0.39, 0.29) is 5.41 Å². The Kier molecular flexibility index (Phi) is 6.56. The van der Waals surface area contributed by atoms with Gasteiger partial charge in [-0.2, -0.15) is 0 Å². The van der Waals surface area contributed by atoms with Gasteiger partial charge in [0.25, 0.3) is 0 Å². The van der Waals surface area contributed by atoms with Crippen molar-refractivity contribution in [1.82, 2.24) is 19.5 Å². The predicted molar refractivity (Wildman–Crippen MR) is 223 cm³/mol. The molecule has 0 saturated heterocycles. The first-order valence-electron chi connectivity index (χ1n) is 18.5. The fourth-order valence-corrected chi connectivity index (χ4v) is 8.91. The fourth-order valence-electron chi connectivity index (χ4n) is 8.91. The maximum absolute atomic E-state index is 5.24. The summed E-state index contributed by atoms with van der Waals surface area (Å²) < 4.78 is 2.47. The molecule has 0 bridgehead atoms. The van der Waals surface area contributed by atoms with Gasteiger partial charge in [0, 0.05) is 38.3 Å². The Morgan fingerprint density at radius 3 is 1.63 bits per heavy atom. The summed E-state index contributed by atoms with van der Waals surface area (Å²) in [5, 5.41) is 7.33. The Balaban J connectivity index is 1.24. The molecular formula is C50H34N4. The van der Waals surface area contributed by atoms with Crippen LogP contribution < -0.4 is 0 Å². The average Bonchev–Trinajstić information content (AvgIpc) is 3.67. The van der Waals surface area contributed by atoms with Gasteiger partial charge in [-0.3, -0.25) is 0 Å². The smallest absolute Gasteiger partial charge is 0.166 e. The molecule has 0 unspecified atom stereocenters. The first-order chi connectivity index (χ1) is 26.5. The Hall–Kier alpha value is -6.91. The highest BCUT2D eigenvalue weighted by Gasteiger charge is 2.38. The highest BCUT2D eigenvalue weighted by molar-refractivity contribution is 6.14. The van der Waals surface area contributed by atoms with Crippen molar-refractivity contribution in [3.63, 3.8) is 0 Å². The number of fused-ring (bicyclic) bond motifs is 9. The monoisotopic (exact) mass is 690 g/mol. The van der Waals surface area contributed by atoms with Crippen molar-refractivity contribution < 1.29 is 0 Å². The Morgan fingerprint density at radius 1 is 0.407 bits per heavy atom. The number of aromatic nitrogens is 4. The molecule has 11 rings (SSSR count). The minimum absolute atomic E-state index is 0.202. The normalized spacial score (nSPS) is 13.1. The Labute approximate surface area is 313 Å². The molecule has 0 fully saturated rings. The zero-order chi connectivity index (χ0) is 36.0. The Bertz CT molecular complexity index is 3060. The van der Waals surface area contributed by atoms with E-state index in [4.69, 9.17) is 15.0 Å². The molecule has 4 nitrogen and oxygen atoms in total. The van der Waals surface area contributed by atoms with E-state index in [0.29, 0.717) is 17.5 Å². The van der Waals surface area contributed by atoms with Crippen LogP contribution in [-0.4, -0.2) is 19.5 Å². The summed E-state index contributed by atoms with van der Waals surface area (Å²) in [6.45, 7) is 4.76. The summed E-state index contributed by atoms with van der Waals surface area (Å²) in [6.07, 6.45) is 0. The standard InChI is InChI=1S/C50H34N4/c1-50(2)42-30-44-41(29-40(42)38-27-25-31-15-9-11-21-35(31)45(38)50)37-23-13-14-24-43(37)54(44)46-36-22-12-10-16-32(36)26-28-39(46)49-52-47(33-17-5-3-6-18-33)51-48(53-49)34-19-7-4-8-20-34/h3-30H,1-2H3. The molecular weight excluding hydrogens is 657 g/mol. The second kappa shape index (κ2) is 11.5. The first-order valence-corrected chi connectivity index (χ1v) is 18.5. The molecule has 2 aromatic heterocycles. The number of hydrogen-bond donors (Lipinski definition) is 0. The van der Waals surface area contributed by atoms with E-state index in [0.717, 1.165) is 38.7 Å². The molecule has 0 spiro atoms. The van der Waals surface area contributed by atoms with Gasteiger partial charge >= 0.3 is 0 Å². The lowest BCUT2D eigenvalue weighted by atomic mass is 9.80. The number of nitrogens with zero attached hydrogens (tertiary/aromatic N) is 4. The van der Waals surface area contributed by atoms with E-state index in [1.165, 1.54) is 49.3 Å². The van der Waals surface area contributed by atoms with Gasteiger partial charge in [-0.25, -0.2) is 15.0 Å². The van der Waals surface area contributed by atoms with Crippen molar-refractivity contribution in [2.75, 3.05) is 0 Å². The lowest BCUT2D eigenvalue weighted by molar-refractivity contribution is 0.667. The molecule has 0 atom stereocenters. The molecule has 0 amide bonds. The third kappa shape index (κ3) is 4.47. The first kappa shape index (κ1) is 30.7. The summed E-state index contributed by atoms with van der Waals surface area (Å²) in [7, 11) is 0. The maximum Gasteiger partial charge on any atom is 0.166 e. The highest BCUT2D eigenvalue weighted by atomic mass is 15.1. The summed E-state index contributed by atoms with van der Waals surface area (Å²) >= 11 is 0. The molecule has 0 N–H and O–H groups in total. The zero-order valence-corrected chi connectivity index (χ0v) is 30.0. The lowest BCUT2D eigenvalue weighted by Gasteiger charge is -2.23. The van der Waals surface area contributed by atoms with E-state index in [9.17, 15) is 0 Å². The summed E-state index contributed by atoms with van der Waals surface area (Å²) in [4.78, 5) is 15.5. The van der Waals surface area contributed by atoms with Crippen molar-refractivity contribution in [2.24, 2.45) is 0 Å². The van der Waals surface area contributed by atoms with Gasteiger partial charge < -0.3 is 4.57 Å². The quantitative estimate of drug-likeness (QED) is 0.185. The molecule has 10 aromatic rings. The summed E-state index contributed by atoms with van der Waals surface area (Å²) in [5.41, 5.74) is 11.4. The fraction of sp³-hybridized carbons (Fsp3) is 0.0600. The van der Waals surface area contributed by atoms with Crippen molar-refractivity contribution in [1.29, 1.82) is 0 Å². The number of para-hydroxylation sites is 1. The molecule has 1 aliphatic carbocycles. The minimum Gasteiger partial charge on any atom is -0.308 e. The highest BCUT2D eigenvalue weighted by Crippen LogP contribution is 2.53. The average molecular weight is 691 g/mol. The van der Waals surface area contributed by atoms with Crippen LogP contribution in [-0.2, 0) is 5.41 Å². The van der Waals surface area contributed by atoms with Crippen molar-refractivity contribution in [2.45, 2.75) is 19.3 Å². The number of rotatable bonds is 4. The van der Waals surface area contributed by atoms with E-state index < -0.39 is 0 Å². The van der Waals surface area contributed by atoms with E-state index >= 15 is 0 Å². The molecule has 4 heteroatoms. The van der Waals surface area contributed by atoms with Crippen LogP contribution in [0.25, 0.3) is 94.3 Å². The second-order valence-corrected chi connectivity index (χ2v) is 14.8. The van der Waals surface area contributed by atoms with Gasteiger partial charge in [0.2, 0.25) is 0 Å². The summed E-state index contributed by atoms with van der Waals surface area (Å²) in [5.74, 6) is 1.92. The van der Waals surface area contributed by atoms with Crippen LogP contribution >= 0.6 is 0 Å². The van der Waals surface area contributed by atoms with Gasteiger partial charge in [-0.05, 0) is 62.7 Å². The minimum atomic E-state index is -0.202. The largest absolute Gasteiger partial charge is 0.308 e. The van der Waals surface area contributed by atoms with E-state index in [2.05, 4.69) is 152 Å². The predicted octanol–water partition coefficient (Wildman–Crippen LogP) is 12.6. The molecule has 0 saturated carbocycles. The molecule has 0 radical (unpaired) electrons. The van der Waals surface area contributed by atoms with Crippen molar-refractivity contribution >= 4 is 43.4 Å². The topological polar surface area (TPSA) is 43.6 Å².